The summed E-state index contributed by atoms with van der Waals surface area (Å²) >= 11 is 3.10. The minimum absolute atomic E-state index is 0.361. The average molecular weight is 286 g/mol. The molecule has 84 valence electrons. The Hall–Kier alpha value is -0.980. The minimum atomic E-state index is -4.85. The Morgan fingerprint density at radius 2 is 2.13 bits per heavy atom. The molecule has 0 fully saturated rings. The summed E-state index contributed by atoms with van der Waals surface area (Å²) in [5.74, 6) is -0.746. The molecule has 1 rings (SSSR count). The molecular weight excluding hydrogens is 279 g/mol. The summed E-state index contributed by atoms with van der Waals surface area (Å²) < 4.78 is 39.1. The van der Waals surface area contributed by atoms with E-state index in [0.29, 0.717) is 16.6 Å². The van der Waals surface area contributed by atoms with E-state index in [1.54, 1.807) is 6.92 Å². The van der Waals surface area contributed by atoms with Crippen LogP contribution in [0.15, 0.2) is 10.9 Å². The molecule has 0 aliphatic rings. The van der Waals surface area contributed by atoms with Gasteiger partial charge in [0, 0.05) is 11.0 Å². The standard InChI is InChI=1S/C8H7BrF3NO2/c1-4-2-6(15-8(10,11)12)7(14)13-5(4)3-9/h2H,3H2,1H3,(H,13,14). The van der Waals surface area contributed by atoms with Crippen LogP contribution in [0.25, 0.3) is 0 Å². The summed E-state index contributed by atoms with van der Waals surface area (Å²) in [7, 11) is 0. The number of pyridine rings is 1. The zero-order chi connectivity index (χ0) is 11.6. The molecule has 15 heavy (non-hydrogen) atoms. The Morgan fingerprint density at radius 1 is 1.53 bits per heavy atom. The highest BCUT2D eigenvalue weighted by Crippen LogP contribution is 2.21. The number of aromatic nitrogens is 1. The van der Waals surface area contributed by atoms with Crippen LogP contribution in [0, 0.1) is 6.92 Å². The van der Waals surface area contributed by atoms with E-state index >= 15 is 0 Å². The van der Waals surface area contributed by atoms with Gasteiger partial charge in [-0.15, -0.1) is 13.2 Å². The Bertz CT molecular complexity index is 413. The zero-order valence-corrected chi connectivity index (χ0v) is 9.20. The van der Waals surface area contributed by atoms with Crippen LogP contribution in [0.1, 0.15) is 11.3 Å². The highest BCUT2D eigenvalue weighted by molar-refractivity contribution is 9.08. The molecule has 0 aliphatic heterocycles. The van der Waals surface area contributed by atoms with E-state index in [2.05, 4.69) is 25.7 Å². The van der Waals surface area contributed by atoms with Crippen LogP contribution >= 0.6 is 15.9 Å². The second-order valence-electron chi connectivity index (χ2n) is 2.81. The third-order valence-corrected chi connectivity index (χ3v) is 2.23. The predicted octanol–water partition coefficient (Wildman–Crippen LogP) is 2.48. The summed E-state index contributed by atoms with van der Waals surface area (Å²) in [6.45, 7) is 1.58. The van der Waals surface area contributed by atoms with Crippen molar-refractivity contribution >= 4 is 15.9 Å². The fraction of sp³-hybridized carbons (Fsp3) is 0.375. The van der Waals surface area contributed by atoms with E-state index < -0.39 is 17.7 Å². The number of rotatable bonds is 2. The van der Waals surface area contributed by atoms with Gasteiger partial charge in [-0.1, -0.05) is 15.9 Å². The number of H-pyrrole nitrogens is 1. The minimum Gasteiger partial charge on any atom is -0.400 e. The molecule has 0 amide bonds. The molecule has 1 aromatic heterocycles. The van der Waals surface area contributed by atoms with Gasteiger partial charge >= 0.3 is 6.36 Å². The highest BCUT2D eigenvalue weighted by atomic mass is 79.9. The molecule has 0 radical (unpaired) electrons. The van der Waals surface area contributed by atoms with E-state index in [4.69, 9.17) is 0 Å². The van der Waals surface area contributed by atoms with E-state index in [1.165, 1.54) is 0 Å². The smallest absolute Gasteiger partial charge is 0.400 e. The number of ether oxygens (including phenoxy) is 1. The van der Waals surface area contributed by atoms with Crippen LogP contribution < -0.4 is 10.3 Å². The number of alkyl halides is 4. The van der Waals surface area contributed by atoms with Gasteiger partial charge in [-0.05, 0) is 18.6 Å². The summed E-state index contributed by atoms with van der Waals surface area (Å²) in [5, 5.41) is 0.361. The second kappa shape index (κ2) is 4.26. The van der Waals surface area contributed by atoms with Crippen molar-refractivity contribution in [3.63, 3.8) is 0 Å². The third-order valence-electron chi connectivity index (χ3n) is 1.67. The molecular formula is C8H7BrF3NO2. The van der Waals surface area contributed by atoms with Crippen LogP contribution in [0.3, 0.4) is 0 Å². The van der Waals surface area contributed by atoms with Crippen molar-refractivity contribution in [2.45, 2.75) is 18.6 Å². The Kier molecular flexibility index (Phi) is 3.43. The molecule has 0 saturated carbocycles. The molecule has 0 spiro atoms. The van der Waals surface area contributed by atoms with Crippen molar-refractivity contribution in [3.8, 4) is 5.75 Å². The van der Waals surface area contributed by atoms with E-state index in [9.17, 15) is 18.0 Å². The van der Waals surface area contributed by atoms with Gasteiger partial charge in [-0.25, -0.2) is 0 Å². The van der Waals surface area contributed by atoms with Crippen LogP contribution in [-0.4, -0.2) is 11.3 Å². The van der Waals surface area contributed by atoms with E-state index in [1.807, 2.05) is 0 Å². The number of hydrogen-bond donors (Lipinski definition) is 1. The second-order valence-corrected chi connectivity index (χ2v) is 3.37. The van der Waals surface area contributed by atoms with Gasteiger partial charge in [0.1, 0.15) is 0 Å². The molecule has 1 N–H and O–H groups in total. The van der Waals surface area contributed by atoms with Gasteiger partial charge < -0.3 is 9.72 Å². The number of aromatic amines is 1. The zero-order valence-electron chi connectivity index (χ0n) is 7.61. The lowest BCUT2D eigenvalue weighted by Crippen LogP contribution is -2.23. The van der Waals surface area contributed by atoms with Gasteiger partial charge in [-0.2, -0.15) is 0 Å². The topological polar surface area (TPSA) is 42.1 Å². The van der Waals surface area contributed by atoms with Crippen LogP contribution in [0.5, 0.6) is 5.75 Å². The number of aryl methyl sites for hydroxylation is 1. The number of nitrogens with one attached hydrogen (secondary N) is 1. The molecule has 0 aliphatic carbocycles. The lowest BCUT2D eigenvalue weighted by Gasteiger charge is -2.09. The lowest BCUT2D eigenvalue weighted by molar-refractivity contribution is -0.275. The van der Waals surface area contributed by atoms with Crippen molar-refractivity contribution < 1.29 is 17.9 Å². The SMILES string of the molecule is Cc1cc(OC(F)(F)F)c(=O)[nH]c1CBr. The van der Waals surface area contributed by atoms with Crippen molar-refractivity contribution in [1.82, 2.24) is 4.98 Å². The normalized spacial score (nSPS) is 11.5. The maximum Gasteiger partial charge on any atom is 0.573 e. The molecule has 0 unspecified atom stereocenters. The van der Waals surface area contributed by atoms with Gasteiger partial charge in [0.15, 0.2) is 5.75 Å². The molecule has 3 nitrogen and oxygen atoms in total. The van der Waals surface area contributed by atoms with Gasteiger partial charge in [-0.3, -0.25) is 4.79 Å². The first-order chi connectivity index (χ1) is 6.83. The fourth-order valence-electron chi connectivity index (χ4n) is 0.986. The van der Waals surface area contributed by atoms with Gasteiger partial charge in [0.05, 0.1) is 0 Å². The first-order valence-electron chi connectivity index (χ1n) is 3.88. The Morgan fingerprint density at radius 3 is 2.60 bits per heavy atom. The van der Waals surface area contributed by atoms with E-state index in [0.717, 1.165) is 6.07 Å². The quantitative estimate of drug-likeness (QED) is 0.849. The molecule has 0 saturated heterocycles. The highest BCUT2D eigenvalue weighted by Gasteiger charge is 2.32. The van der Waals surface area contributed by atoms with Gasteiger partial charge in [0.25, 0.3) is 5.56 Å². The lowest BCUT2D eigenvalue weighted by atomic mass is 10.2. The maximum atomic E-state index is 11.9. The molecule has 0 atom stereocenters. The molecule has 1 heterocycles. The Balaban J connectivity index is 3.12. The summed E-state index contributed by atoms with van der Waals surface area (Å²) in [5.41, 5.74) is 0.146. The first kappa shape index (κ1) is 12.1. The third kappa shape index (κ3) is 3.26. The fourth-order valence-corrected chi connectivity index (χ4v) is 1.57. The van der Waals surface area contributed by atoms with E-state index in [-0.39, 0.29) is 0 Å². The maximum absolute atomic E-state index is 11.9. The van der Waals surface area contributed by atoms with Gasteiger partial charge in [0.2, 0.25) is 0 Å². The van der Waals surface area contributed by atoms with Crippen LogP contribution in [0.2, 0.25) is 0 Å². The van der Waals surface area contributed by atoms with Crippen molar-refractivity contribution in [2.24, 2.45) is 0 Å². The summed E-state index contributed by atoms with van der Waals surface area (Å²) in [4.78, 5) is 13.4. The molecule has 0 aromatic carbocycles. The van der Waals surface area contributed by atoms with Crippen LogP contribution in [-0.2, 0) is 5.33 Å². The number of hydrogen-bond acceptors (Lipinski definition) is 2. The largest absolute Gasteiger partial charge is 0.573 e. The molecule has 7 heteroatoms. The summed E-state index contributed by atoms with van der Waals surface area (Å²) in [6, 6.07) is 1.06. The molecule has 1 aromatic rings. The monoisotopic (exact) mass is 285 g/mol. The summed E-state index contributed by atoms with van der Waals surface area (Å²) in [6.07, 6.45) is -4.85. The first-order valence-corrected chi connectivity index (χ1v) is 5.00. The van der Waals surface area contributed by atoms with Crippen LogP contribution in [0.4, 0.5) is 13.2 Å². The van der Waals surface area contributed by atoms with Crippen molar-refractivity contribution in [2.75, 3.05) is 0 Å². The molecule has 0 bridgehead atoms. The predicted molar refractivity (Wildman–Crippen MR) is 51.1 cm³/mol. The Labute approximate surface area is 91.4 Å². The van der Waals surface area contributed by atoms with Crippen molar-refractivity contribution in [1.29, 1.82) is 0 Å². The van der Waals surface area contributed by atoms with Crippen molar-refractivity contribution in [3.05, 3.63) is 27.7 Å². The number of halogens is 4. The average Bonchev–Trinajstić information content (AvgIpc) is 2.08.